The molecule has 2 amide bonds. The van der Waals surface area contributed by atoms with Gasteiger partial charge in [-0.3, -0.25) is 9.59 Å². The second-order valence-electron chi connectivity index (χ2n) is 6.82. The van der Waals surface area contributed by atoms with Crippen LogP contribution in [0.2, 0.25) is 0 Å². The highest BCUT2D eigenvalue weighted by atomic mass is 16.6. The third kappa shape index (κ3) is 3.87. The van der Waals surface area contributed by atoms with Crippen molar-refractivity contribution < 1.29 is 28.6 Å². The lowest BCUT2D eigenvalue weighted by Crippen LogP contribution is -2.41. The Balaban J connectivity index is 1.48. The van der Waals surface area contributed by atoms with Crippen LogP contribution in [0, 0.1) is 0 Å². The normalized spacial score (nSPS) is 17.6. The molecule has 2 aliphatic heterocycles. The minimum atomic E-state index is -0.639. The van der Waals surface area contributed by atoms with Gasteiger partial charge in [0.2, 0.25) is 5.91 Å². The molecular formula is C21H20N2O6. The first-order valence-corrected chi connectivity index (χ1v) is 9.30. The zero-order valence-electron chi connectivity index (χ0n) is 15.8. The van der Waals surface area contributed by atoms with Gasteiger partial charge in [0.15, 0.2) is 18.1 Å². The Morgan fingerprint density at radius 1 is 1.14 bits per heavy atom. The third-order valence-electron chi connectivity index (χ3n) is 4.73. The molecule has 0 spiro atoms. The summed E-state index contributed by atoms with van der Waals surface area (Å²) in [5.74, 6) is -0.186. The van der Waals surface area contributed by atoms with E-state index in [9.17, 15) is 14.4 Å². The van der Waals surface area contributed by atoms with Crippen LogP contribution in [0.1, 0.15) is 23.7 Å². The zero-order chi connectivity index (χ0) is 20.4. The third-order valence-corrected chi connectivity index (χ3v) is 4.73. The van der Waals surface area contributed by atoms with E-state index in [1.54, 1.807) is 43.3 Å². The summed E-state index contributed by atoms with van der Waals surface area (Å²) in [6.45, 7) is 2.20. The van der Waals surface area contributed by atoms with E-state index in [2.05, 4.69) is 5.32 Å². The quantitative estimate of drug-likeness (QED) is 0.801. The number of anilines is 2. The van der Waals surface area contributed by atoms with Gasteiger partial charge in [-0.1, -0.05) is 12.1 Å². The van der Waals surface area contributed by atoms with E-state index in [0.29, 0.717) is 36.1 Å². The summed E-state index contributed by atoms with van der Waals surface area (Å²) in [7, 11) is 0. The van der Waals surface area contributed by atoms with E-state index in [-0.39, 0.29) is 23.9 Å². The van der Waals surface area contributed by atoms with Crippen molar-refractivity contribution in [3.63, 3.8) is 0 Å². The molecule has 29 heavy (non-hydrogen) atoms. The lowest BCUT2D eigenvalue weighted by molar-refractivity contribution is -0.122. The van der Waals surface area contributed by atoms with Gasteiger partial charge in [0, 0.05) is 12.5 Å². The molecule has 0 fully saturated rings. The van der Waals surface area contributed by atoms with Gasteiger partial charge in [-0.15, -0.1) is 0 Å². The summed E-state index contributed by atoms with van der Waals surface area (Å²) < 4.78 is 16.1. The predicted molar refractivity (Wildman–Crippen MR) is 104 cm³/mol. The number of carbonyl (C=O) groups excluding carboxylic acids is 3. The maximum atomic E-state index is 12.9. The van der Waals surface area contributed by atoms with Crippen molar-refractivity contribution in [2.45, 2.75) is 19.4 Å². The fourth-order valence-electron chi connectivity index (χ4n) is 3.42. The van der Waals surface area contributed by atoms with Gasteiger partial charge in [-0.05, 0) is 37.3 Å². The van der Waals surface area contributed by atoms with Crippen LogP contribution in [0.5, 0.6) is 11.5 Å². The largest absolute Gasteiger partial charge is 0.486 e. The fourth-order valence-corrected chi connectivity index (χ4v) is 3.42. The van der Waals surface area contributed by atoms with Gasteiger partial charge < -0.3 is 24.4 Å². The standard InChI is InChI=1S/C21H20N2O6/c1-13-10-19(24)22-15-4-2-3-5-16(15)23(13)20(25)12-29-21(26)14-6-7-17-18(11-14)28-9-8-27-17/h2-7,11,13H,8-10,12H2,1H3,(H,22,24)/t13-/m0/s1. The molecule has 150 valence electrons. The number of carbonyl (C=O) groups is 3. The average Bonchev–Trinajstić information content (AvgIpc) is 2.85. The summed E-state index contributed by atoms with van der Waals surface area (Å²) in [6.07, 6.45) is 0.149. The molecule has 0 saturated heterocycles. The Morgan fingerprint density at radius 2 is 1.90 bits per heavy atom. The maximum absolute atomic E-state index is 12.9. The van der Waals surface area contributed by atoms with Crippen LogP contribution >= 0.6 is 0 Å². The van der Waals surface area contributed by atoms with Gasteiger partial charge >= 0.3 is 5.97 Å². The van der Waals surface area contributed by atoms with E-state index in [0.717, 1.165) is 0 Å². The Labute approximate surface area is 167 Å². The number of hydrogen-bond acceptors (Lipinski definition) is 6. The Hall–Kier alpha value is -3.55. The molecule has 2 aliphatic rings. The Bertz CT molecular complexity index is 973. The second-order valence-corrected chi connectivity index (χ2v) is 6.82. The number of hydrogen-bond donors (Lipinski definition) is 1. The summed E-state index contributed by atoms with van der Waals surface area (Å²) in [5, 5.41) is 2.79. The van der Waals surface area contributed by atoms with Gasteiger partial charge in [0.05, 0.1) is 16.9 Å². The van der Waals surface area contributed by atoms with Gasteiger partial charge in [-0.2, -0.15) is 0 Å². The Morgan fingerprint density at radius 3 is 2.72 bits per heavy atom. The van der Waals surface area contributed by atoms with Crippen LogP contribution in [0.4, 0.5) is 11.4 Å². The first kappa shape index (κ1) is 18.8. The predicted octanol–water partition coefficient (Wildman–Crippen LogP) is 2.38. The van der Waals surface area contributed by atoms with Gasteiger partial charge in [-0.25, -0.2) is 4.79 Å². The van der Waals surface area contributed by atoms with Crippen molar-refractivity contribution in [2.75, 3.05) is 30.0 Å². The zero-order valence-corrected chi connectivity index (χ0v) is 15.8. The lowest BCUT2D eigenvalue weighted by Gasteiger charge is -2.27. The topological polar surface area (TPSA) is 94.2 Å². The Kier molecular flexibility index (Phi) is 5.07. The first-order chi connectivity index (χ1) is 14.0. The molecule has 4 rings (SSSR count). The van der Waals surface area contributed by atoms with Crippen LogP contribution in [0.25, 0.3) is 0 Å². The molecule has 0 aliphatic carbocycles. The molecule has 8 nitrogen and oxygen atoms in total. The molecule has 2 aromatic rings. The summed E-state index contributed by atoms with van der Waals surface area (Å²) in [4.78, 5) is 38.8. The number of fused-ring (bicyclic) bond motifs is 2. The smallest absolute Gasteiger partial charge is 0.338 e. The molecule has 0 saturated carbocycles. The van der Waals surface area contributed by atoms with E-state index in [1.807, 2.05) is 0 Å². The van der Waals surface area contributed by atoms with Crippen LogP contribution in [-0.2, 0) is 14.3 Å². The van der Waals surface area contributed by atoms with Gasteiger partial charge in [0.1, 0.15) is 13.2 Å². The number of para-hydroxylation sites is 2. The number of amides is 2. The number of esters is 1. The summed E-state index contributed by atoms with van der Waals surface area (Å²) in [6, 6.07) is 11.4. The fraction of sp³-hybridized carbons (Fsp3) is 0.286. The van der Waals surface area contributed by atoms with E-state index < -0.39 is 18.5 Å². The average molecular weight is 396 g/mol. The molecule has 0 bridgehead atoms. The molecule has 1 atom stereocenters. The van der Waals surface area contributed by atoms with Crippen molar-refractivity contribution in [1.29, 1.82) is 0 Å². The van der Waals surface area contributed by atoms with Crippen LogP contribution in [-0.4, -0.2) is 43.6 Å². The molecule has 2 aromatic carbocycles. The maximum Gasteiger partial charge on any atom is 0.338 e. The molecule has 0 unspecified atom stereocenters. The number of rotatable bonds is 3. The SMILES string of the molecule is C[C@H]1CC(=O)Nc2ccccc2N1C(=O)COC(=O)c1ccc2c(c1)OCCO2. The van der Waals surface area contributed by atoms with Crippen molar-refractivity contribution in [1.82, 2.24) is 0 Å². The highest BCUT2D eigenvalue weighted by molar-refractivity contribution is 6.05. The number of nitrogens with zero attached hydrogens (tertiary/aromatic N) is 1. The number of nitrogens with one attached hydrogen (secondary N) is 1. The van der Waals surface area contributed by atoms with Crippen LogP contribution in [0.15, 0.2) is 42.5 Å². The number of benzene rings is 2. The molecule has 0 aromatic heterocycles. The molecule has 2 heterocycles. The number of ether oxygens (including phenoxy) is 3. The summed E-state index contributed by atoms with van der Waals surface area (Å²) >= 11 is 0. The first-order valence-electron chi connectivity index (χ1n) is 9.30. The molecule has 1 N–H and O–H groups in total. The highest BCUT2D eigenvalue weighted by Crippen LogP contribution is 2.32. The monoisotopic (exact) mass is 396 g/mol. The van der Waals surface area contributed by atoms with E-state index in [4.69, 9.17) is 14.2 Å². The van der Waals surface area contributed by atoms with Crippen molar-refractivity contribution in [3.05, 3.63) is 48.0 Å². The van der Waals surface area contributed by atoms with Crippen molar-refractivity contribution >= 4 is 29.2 Å². The second kappa shape index (κ2) is 7.83. The molecular weight excluding hydrogens is 376 g/mol. The van der Waals surface area contributed by atoms with E-state index >= 15 is 0 Å². The van der Waals surface area contributed by atoms with E-state index in [1.165, 1.54) is 11.0 Å². The van der Waals surface area contributed by atoms with Gasteiger partial charge in [0.25, 0.3) is 5.91 Å². The van der Waals surface area contributed by atoms with Crippen LogP contribution in [0.3, 0.4) is 0 Å². The van der Waals surface area contributed by atoms with Crippen LogP contribution < -0.4 is 19.7 Å². The van der Waals surface area contributed by atoms with Crippen molar-refractivity contribution in [3.8, 4) is 11.5 Å². The minimum Gasteiger partial charge on any atom is -0.486 e. The molecule has 0 radical (unpaired) electrons. The highest BCUT2D eigenvalue weighted by Gasteiger charge is 2.30. The minimum absolute atomic E-state index is 0.149. The lowest BCUT2D eigenvalue weighted by atomic mass is 10.1. The summed E-state index contributed by atoms with van der Waals surface area (Å²) in [5.41, 5.74) is 1.39. The molecule has 8 heteroatoms. The van der Waals surface area contributed by atoms with Crippen molar-refractivity contribution in [2.24, 2.45) is 0 Å².